The van der Waals surface area contributed by atoms with E-state index in [1.165, 1.54) is 13.2 Å². The maximum absolute atomic E-state index is 13.2. The fraction of sp³-hybridized carbons (Fsp3) is 0.438. The average molecular weight is 580 g/mol. The van der Waals surface area contributed by atoms with Gasteiger partial charge < -0.3 is 30.2 Å². The van der Waals surface area contributed by atoms with Gasteiger partial charge in [0, 0.05) is 12.5 Å². The van der Waals surface area contributed by atoms with Crippen molar-refractivity contribution in [1.82, 2.24) is 16.0 Å². The van der Waals surface area contributed by atoms with Crippen molar-refractivity contribution >= 4 is 24.1 Å². The Morgan fingerprint density at radius 1 is 0.905 bits per heavy atom. The summed E-state index contributed by atoms with van der Waals surface area (Å²) in [6.07, 6.45) is 1.65. The molecule has 0 radical (unpaired) electrons. The van der Waals surface area contributed by atoms with Crippen LogP contribution in [0.1, 0.15) is 63.5 Å². The second kappa shape index (κ2) is 15.0. The number of alkyl carbamates (subject to hydrolysis) is 2. The van der Waals surface area contributed by atoms with Gasteiger partial charge in [-0.3, -0.25) is 4.79 Å². The predicted octanol–water partition coefficient (Wildman–Crippen LogP) is 4.82. The van der Waals surface area contributed by atoms with E-state index in [0.29, 0.717) is 19.4 Å². The number of rotatable bonds is 13. The molecule has 0 heterocycles. The lowest BCUT2D eigenvalue weighted by molar-refractivity contribution is -0.145. The van der Waals surface area contributed by atoms with Crippen molar-refractivity contribution in [2.45, 2.75) is 70.1 Å². The van der Waals surface area contributed by atoms with Crippen LogP contribution in [-0.4, -0.2) is 62.0 Å². The molecule has 42 heavy (non-hydrogen) atoms. The maximum atomic E-state index is 13.2. The van der Waals surface area contributed by atoms with Crippen LogP contribution in [0.2, 0.25) is 0 Å². The molecule has 10 nitrogen and oxygen atoms in total. The first-order chi connectivity index (χ1) is 20.0. The second-order valence-corrected chi connectivity index (χ2v) is 11.1. The molecule has 3 N–H and O–H groups in total. The Balaban J connectivity index is 1.62. The molecule has 0 spiro atoms. The fourth-order valence-corrected chi connectivity index (χ4v) is 4.82. The number of ether oxygens (including phenoxy) is 3. The molecule has 3 amide bonds. The Morgan fingerprint density at radius 2 is 1.52 bits per heavy atom. The summed E-state index contributed by atoms with van der Waals surface area (Å²) < 4.78 is 15.6. The highest BCUT2D eigenvalue weighted by Gasteiger charge is 2.30. The Morgan fingerprint density at radius 3 is 2.10 bits per heavy atom. The summed E-state index contributed by atoms with van der Waals surface area (Å²) in [7, 11) is 1.23. The monoisotopic (exact) mass is 579 g/mol. The van der Waals surface area contributed by atoms with E-state index in [0.717, 1.165) is 22.3 Å². The Hall–Kier alpha value is -4.34. The van der Waals surface area contributed by atoms with Crippen molar-refractivity contribution in [2.75, 3.05) is 20.3 Å². The molecule has 0 saturated heterocycles. The molecule has 0 fully saturated rings. The highest BCUT2D eigenvalue weighted by molar-refractivity contribution is 5.89. The van der Waals surface area contributed by atoms with Crippen LogP contribution in [0.3, 0.4) is 0 Å². The quantitative estimate of drug-likeness (QED) is 0.134. The minimum atomic E-state index is -0.987. The molecule has 3 rings (SSSR count). The SMILES string of the molecule is C=CC[C@H](NC(=O)[C@@H](CCCCNC(=O)OC(C)(C)C)NC(=O)OCC1c2ccccc2-c2ccccc21)C(=O)OC. The first-order valence-corrected chi connectivity index (χ1v) is 14.1. The van der Waals surface area contributed by atoms with E-state index in [1.807, 2.05) is 48.5 Å². The van der Waals surface area contributed by atoms with Crippen molar-refractivity contribution in [2.24, 2.45) is 0 Å². The number of carbonyl (C=O) groups is 4. The molecule has 0 aliphatic heterocycles. The highest BCUT2D eigenvalue weighted by Crippen LogP contribution is 2.44. The van der Waals surface area contributed by atoms with Crippen molar-refractivity contribution < 1.29 is 33.4 Å². The van der Waals surface area contributed by atoms with Crippen LogP contribution >= 0.6 is 0 Å². The van der Waals surface area contributed by atoms with E-state index in [-0.39, 0.29) is 25.4 Å². The van der Waals surface area contributed by atoms with Crippen LogP contribution in [0.25, 0.3) is 11.1 Å². The molecule has 1 aliphatic carbocycles. The Bertz CT molecular complexity index is 1230. The van der Waals surface area contributed by atoms with Crippen LogP contribution in [0.5, 0.6) is 0 Å². The van der Waals surface area contributed by atoms with Gasteiger partial charge >= 0.3 is 18.2 Å². The van der Waals surface area contributed by atoms with Crippen molar-refractivity contribution in [3.8, 4) is 11.1 Å². The zero-order valence-electron chi connectivity index (χ0n) is 24.7. The lowest BCUT2D eigenvalue weighted by Crippen LogP contribution is -2.52. The van der Waals surface area contributed by atoms with E-state index in [4.69, 9.17) is 14.2 Å². The molecule has 2 atom stereocenters. The standard InChI is InChI=1S/C32H41N3O7/c1-6-13-27(29(37)40-5)34-28(36)26(18-11-12-19-33-30(38)42-32(2,3)4)35-31(39)41-20-25-23-16-9-7-14-21(23)22-15-8-10-17-24(22)25/h6-10,14-17,25-27H,1,11-13,18-20H2,2-5H3,(H,33,38)(H,34,36)(H,35,39)/t26-,27+/m1/s1. The normalized spacial score (nSPS) is 13.5. The first-order valence-electron chi connectivity index (χ1n) is 14.1. The van der Waals surface area contributed by atoms with Gasteiger partial charge in [0.25, 0.3) is 0 Å². The third-order valence-electron chi connectivity index (χ3n) is 6.74. The van der Waals surface area contributed by atoms with Crippen LogP contribution in [0, 0.1) is 0 Å². The summed E-state index contributed by atoms with van der Waals surface area (Å²) in [6.45, 7) is 9.38. The van der Waals surface area contributed by atoms with Crippen LogP contribution in [-0.2, 0) is 23.8 Å². The van der Waals surface area contributed by atoms with Gasteiger partial charge in [-0.15, -0.1) is 6.58 Å². The third-order valence-corrected chi connectivity index (χ3v) is 6.74. The van der Waals surface area contributed by atoms with Crippen LogP contribution in [0.15, 0.2) is 61.2 Å². The van der Waals surface area contributed by atoms with Gasteiger partial charge in [0.05, 0.1) is 7.11 Å². The number of unbranched alkanes of at least 4 members (excludes halogenated alkanes) is 1. The zero-order valence-corrected chi connectivity index (χ0v) is 24.7. The number of fused-ring (bicyclic) bond motifs is 3. The van der Waals surface area contributed by atoms with Crippen molar-refractivity contribution in [3.05, 3.63) is 72.3 Å². The largest absolute Gasteiger partial charge is 0.467 e. The molecule has 0 unspecified atom stereocenters. The molecular weight excluding hydrogens is 538 g/mol. The summed E-state index contributed by atoms with van der Waals surface area (Å²) >= 11 is 0. The van der Waals surface area contributed by atoms with E-state index in [2.05, 4.69) is 22.5 Å². The van der Waals surface area contributed by atoms with Gasteiger partial charge in [-0.1, -0.05) is 54.6 Å². The summed E-state index contributed by atoms with van der Waals surface area (Å²) in [4.78, 5) is 50.2. The minimum absolute atomic E-state index is 0.0925. The minimum Gasteiger partial charge on any atom is -0.467 e. The highest BCUT2D eigenvalue weighted by atomic mass is 16.6. The van der Waals surface area contributed by atoms with E-state index < -0.39 is 41.7 Å². The van der Waals surface area contributed by atoms with Crippen LogP contribution < -0.4 is 16.0 Å². The third kappa shape index (κ3) is 9.09. The maximum Gasteiger partial charge on any atom is 0.407 e. The first kappa shape index (κ1) is 32.2. The van der Waals surface area contributed by atoms with Gasteiger partial charge in [0.1, 0.15) is 24.3 Å². The van der Waals surface area contributed by atoms with Gasteiger partial charge in [-0.25, -0.2) is 14.4 Å². The summed E-state index contributed by atoms with van der Waals surface area (Å²) in [5, 5.41) is 7.97. The Kier molecular flexibility index (Phi) is 11.5. The number of carbonyl (C=O) groups excluding carboxylic acids is 4. The number of methoxy groups -OCH3 is 1. The molecule has 0 aromatic heterocycles. The van der Waals surface area contributed by atoms with E-state index in [9.17, 15) is 19.2 Å². The molecule has 226 valence electrons. The van der Waals surface area contributed by atoms with Crippen LogP contribution in [0.4, 0.5) is 9.59 Å². The molecule has 10 heteroatoms. The fourth-order valence-electron chi connectivity index (χ4n) is 4.82. The number of amides is 3. The zero-order chi connectivity index (χ0) is 30.7. The van der Waals surface area contributed by atoms with Crippen molar-refractivity contribution in [3.63, 3.8) is 0 Å². The lowest BCUT2D eigenvalue weighted by atomic mass is 9.98. The predicted molar refractivity (Wildman–Crippen MR) is 159 cm³/mol. The van der Waals surface area contributed by atoms with Crippen molar-refractivity contribution in [1.29, 1.82) is 0 Å². The summed E-state index contributed by atoms with van der Waals surface area (Å²) in [5.41, 5.74) is 3.75. The lowest BCUT2D eigenvalue weighted by Gasteiger charge is -2.22. The molecule has 1 aliphatic rings. The average Bonchev–Trinajstić information content (AvgIpc) is 3.27. The number of hydrogen-bond donors (Lipinski definition) is 3. The van der Waals surface area contributed by atoms with E-state index in [1.54, 1.807) is 20.8 Å². The molecule has 2 aromatic rings. The number of esters is 1. The smallest absolute Gasteiger partial charge is 0.407 e. The number of hydrogen-bond acceptors (Lipinski definition) is 7. The number of nitrogens with one attached hydrogen (secondary N) is 3. The van der Waals surface area contributed by atoms with Gasteiger partial charge in [-0.2, -0.15) is 0 Å². The number of benzene rings is 2. The van der Waals surface area contributed by atoms with Gasteiger partial charge in [-0.05, 0) is 68.7 Å². The Labute approximate surface area is 247 Å². The summed E-state index contributed by atoms with van der Waals surface area (Å²) in [6, 6.07) is 14.1. The topological polar surface area (TPSA) is 132 Å². The van der Waals surface area contributed by atoms with Gasteiger partial charge in [0.2, 0.25) is 5.91 Å². The molecular formula is C32H41N3O7. The molecule has 0 saturated carbocycles. The van der Waals surface area contributed by atoms with E-state index >= 15 is 0 Å². The summed E-state index contributed by atoms with van der Waals surface area (Å²) in [5.74, 6) is -1.31. The second-order valence-electron chi connectivity index (χ2n) is 11.1. The molecule has 0 bridgehead atoms. The molecule has 2 aromatic carbocycles. The van der Waals surface area contributed by atoms with Gasteiger partial charge in [0.15, 0.2) is 0 Å².